The van der Waals surface area contributed by atoms with Crippen molar-refractivity contribution in [3.8, 4) is 5.75 Å². The standard InChI is InChI=1S/C10H15O5P/c1-14-6-7-15-10-4-2-9(3-5-10)8-16(11,12)13/h2-5H,6-8H2,1H3,(H2,11,12,13). The number of rotatable bonds is 6. The van der Waals surface area contributed by atoms with Crippen LogP contribution in [0.15, 0.2) is 24.3 Å². The molecule has 1 aromatic carbocycles. The van der Waals surface area contributed by atoms with Crippen molar-refractivity contribution in [2.24, 2.45) is 0 Å². The SMILES string of the molecule is COCCOc1ccc(CP(=O)(O)O)cc1. The van der Waals surface area contributed by atoms with Crippen LogP contribution in [0.5, 0.6) is 5.75 Å². The second kappa shape index (κ2) is 6.01. The van der Waals surface area contributed by atoms with E-state index in [1.54, 1.807) is 31.4 Å². The quantitative estimate of drug-likeness (QED) is 0.586. The van der Waals surface area contributed by atoms with Gasteiger partial charge in [0.15, 0.2) is 0 Å². The monoisotopic (exact) mass is 246 g/mol. The summed E-state index contributed by atoms with van der Waals surface area (Å²) in [5.41, 5.74) is 0.590. The molecule has 0 amide bonds. The molecule has 0 atom stereocenters. The van der Waals surface area contributed by atoms with E-state index in [1.165, 1.54) is 0 Å². The van der Waals surface area contributed by atoms with Crippen molar-refractivity contribution >= 4 is 7.60 Å². The van der Waals surface area contributed by atoms with Gasteiger partial charge in [-0.15, -0.1) is 0 Å². The summed E-state index contributed by atoms with van der Waals surface area (Å²) in [6, 6.07) is 6.64. The minimum absolute atomic E-state index is 0.245. The van der Waals surface area contributed by atoms with Crippen LogP contribution >= 0.6 is 7.60 Å². The molecule has 5 nitrogen and oxygen atoms in total. The van der Waals surface area contributed by atoms with Crippen molar-refractivity contribution < 1.29 is 23.8 Å². The van der Waals surface area contributed by atoms with Gasteiger partial charge >= 0.3 is 7.60 Å². The van der Waals surface area contributed by atoms with Crippen molar-refractivity contribution in [2.75, 3.05) is 20.3 Å². The van der Waals surface area contributed by atoms with Crippen LogP contribution in [0.3, 0.4) is 0 Å². The lowest BCUT2D eigenvalue weighted by Crippen LogP contribution is -2.04. The van der Waals surface area contributed by atoms with Crippen LogP contribution in [0.4, 0.5) is 0 Å². The Labute approximate surface area is 94.2 Å². The molecular formula is C10H15O5P. The van der Waals surface area contributed by atoms with Gasteiger partial charge in [-0.3, -0.25) is 4.57 Å². The summed E-state index contributed by atoms with van der Waals surface area (Å²) in [5, 5.41) is 0. The predicted octanol–water partition coefficient (Wildman–Crippen LogP) is 1.39. The van der Waals surface area contributed by atoms with Gasteiger partial charge in [-0.2, -0.15) is 0 Å². The molecule has 0 saturated carbocycles. The van der Waals surface area contributed by atoms with Gasteiger partial charge in [0.25, 0.3) is 0 Å². The van der Waals surface area contributed by atoms with Gasteiger partial charge in [0, 0.05) is 7.11 Å². The van der Waals surface area contributed by atoms with Crippen molar-refractivity contribution in [3.05, 3.63) is 29.8 Å². The van der Waals surface area contributed by atoms with E-state index in [4.69, 9.17) is 19.3 Å². The molecule has 0 spiro atoms. The van der Waals surface area contributed by atoms with Crippen LogP contribution in [0.2, 0.25) is 0 Å². The molecule has 0 aliphatic heterocycles. The fourth-order valence-corrected chi connectivity index (χ4v) is 1.86. The molecule has 2 N–H and O–H groups in total. The van der Waals surface area contributed by atoms with Crippen LogP contribution in [-0.4, -0.2) is 30.1 Å². The molecule has 0 aliphatic carbocycles. The van der Waals surface area contributed by atoms with Crippen LogP contribution in [0.25, 0.3) is 0 Å². The number of hydrogen-bond donors (Lipinski definition) is 2. The zero-order valence-corrected chi connectivity index (χ0v) is 9.89. The van der Waals surface area contributed by atoms with Gasteiger partial charge in [0.05, 0.1) is 12.8 Å². The Balaban J connectivity index is 2.51. The highest BCUT2D eigenvalue weighted by molar-refractivity contribution is 7.50. The molecule has 1 aromatic rings. The van der Waals surface area contributed by atoms with Crippen molar-refractivity contribution in [1.29, 1.82) is 0 Å². The van der Waals surface area contributed by atoms with Crippen LogP contribution in [0.1, 0.15) is 5.56 Å². The van der Waals surface area contributed by atoms with E-state index in [0.29, 0.717) is 24.5 Å². The molecular weight excluding hydrogens is 231 g/mol. The molecule has 0 aromatic heterocycles. The number of hydrogen-bond acceptors (Lipinski definition) is 3. The number of methoxy groups -OCH3 is 1. The maximum absolute atomic E-state index is 10.7. The molecule has 16 heavy (non-hydrogen) atoms. The Bertz CT molecular complexity index is 356. The Kier molecular flexibility index (Phi) is 4.96. The molecule has 6 heteroatoms. The first-order valence-electron chi connectivity index (χ1n) is 4.76. The third-order valence-corrected chi connectivity index (χ3v) is 2.65. The van der Waals surface area contributed by atoms with E-state index in [-0.39, 0.29) is 6.16 Å². The van der Waals surface area contributed by atoms with Gasteiger partial charge in [-0.05, 0) is 17.7 Å². The van der Waals surface area contributed by atoms with E-state index >= 15 is 0 Å². The lowest BCUT2D eigenvalue weighted by molar-refractivity contribution is 0.146. The van der Waals surface area contributed by atoms with E-state index in [9.17, 15) is 4.57 Å². The molecule has 0 unspecified atom stereocenters. The Morgan fingerprint density at radius 1 is 1.19 bits per heavy atom. The smallest absolute Gasteiger partial charge is 0.329 e. The second-order valence-electron chi connectivity index (χ2n) is 3.31. The summed E-state index contributed by atoms with van der Waals surface area (Å²) < 4.78 is 20.9. The highest BCUT2D eigenvalue weighted by Gasteiger charge is 2.13. The Morgan fingerprint density at radius 3 is 2.31 bits per heavy atom. The van der Waals surface area contributed by atoms with Gasteiger partial charge in [-0.25, -0.2) is 0 Å². The summed E-state index contributed by atoms with van der Waals surface area (Å²) in [6.07, 6.45) is -0.245. The van der Waals surface area contributed by atoms with Crippen LogP contribution in [-0.2, 0) is 15.5 Å². The molecule has 90 valence electrons. The summed E-state index contributed by atoms with van der Waals surface area (Å²) in [4.78, 5) is 17.6. The van der Waals surface area contributed by atoms with Crippen LogP contribution < -0.4 is 4.74 Å². The maximum Gasteiger partial charge on any atom is 0.329 e. The Morgan fingerprint density at radius 2 is 1.81 bits per heavy atom. The first-order chi connectivity index (χ1) is 7.51. The first-order valence-corrected chi connectivity index (χ1v) is 6.56. The van der Waals surface area contributed by atoms with E-state index in [1.807, 2.05) is 0 Å². The average Bonchev–Trinajstić information content (AvgIpc) is 2.19. The molecule has 0 aliphatic rings. The topological polar surface area (TPSA) is 76.0 Å². The minimum atomic E-state index is -3.99. The number of benzene rings is 1. The predicted molar refractivity (Wildman–Crippen MR) is 59.6 cm³/mol. The van der Waals surface area contributed by atoms with E-state index in [0.717, 1.165) is 0 Å². The normalized spacial score (nSPS) is 11.4. The fraction of sp³-hybridized carbons (Fsp3) is 0.400. The molecule has 0 radical (unpaired) electrons. The lowest BCUT2D eigenvalue weighted by Gasteiger charge is -2.07. The van der Waals surface area contributed by atoms with Crippen LogP contribution in [0, 0.1) is 0 Å². The fourth-order valence-electron chi connectivity index (χ4n) is 1.17. The van der Waals surface area contributed by atoms with Crippen molar-refractivity contribution in [2.45, 2.75) is 6.16 Å². The minimum Gasteiger partial charge on any atom is -0.491 e. The molecule has 0 fully saturated rings. The summed E-state index contributed by atoms with van der Waals surface area (Å²) >= 11 is 0. The third-order valence-electron chi connectivity index (χ3n) is 1.87. The average molecular weight is 246 g/mol. The van der Waals surface area contributed by atoms with Crippen molar-refractivity contribution in [3.63, 3.8) is 0 Å². The van der Waals surface area contributed by atoms with E-state index < -0.39 is 7.60 Å². The number of ether oxygens (including phenoxy) is 2. The summed E-state index contributed by atoms with van der Waals surface area (Å²) in [7, 11) is -2.40. The maximum atomic E-state index is 10.7. The second-order valence-corrected chi connectivity index (χ2v) is 4.95. The van der Waals surface area contributed by atoms with E-state index in [2.05, 4.69) is 0 Å². The lowest BCUT2D eigenvalue weighted by atomic mass is 10.2. The largest absolute Gasteiger partial charge is 0.491 e. The molecule has 0 bridgehead atoms. The zero-order chi connectivity index (χ0) is 12.0. The van der Waals surface area contributed by atoms with Gasteiger partial charge < -0.3 is 19.3 Å². The zero-order valence-electron chi connectivity index (χ0n) is 9.00. The first kappa shape index (κ1) is 13.2. The molecule has 0 heterocycles. The van der Waals surface area contributed by atoms with Gasteiger partial charge in [0.1, 0.15) is 12.4 Å². The molecule has 0 saturated heterocycles. The highest BCUT2D eigenvalue weighted by atomic mass is 31.2. The molecule has 1 rings (SSSR count). The van der Waals surface area contributed by atoms with Gasteiger partial charge in [0.2, 0.25) is 0 Å². The summed E-state index contributed by atoms with van der Waals surface area (Å²) in [5.74, 6) is 0.659. The summed E-state index contributed by atoms with van der Waals surface area (Å²) in [6.45, 7) is 0.957. The highest BCUT2D eigenvalue weighted by Crippen LogP contribution is 2.39. The van der Waals surface area contributed by atoms with Gasteiger partial charge in [-0.1, -0.05) is 12.1 Å². The third kappa shape index (κ3) is 5.28. The Hall–Kier alpha value is -0.870. The van der Waals surface area contributed by atoms with Crippen molar-refractivity contribution in [1.82, 2.24) is 0 Å².